The molecule has 0 fully saturated rings. The second-order valence-corrected chi connectivity index (χ2v) is 1.59. The minimum Gasteiger partial charge on any atom is -0.449 e. The summed E-state index contributed by atoms with van der Waals surface area (Å²) in [7, 11) is 0. The Morgan fingerprint density at radius 2 is 2.62 bits per heavy atom. The topological polar surface area (TPSA) is 26.0 Å². The first-order valence-electron chi connectivity index (χ1n) is 2.59. The third-order valence-corrected chi connectivity index (χ3v) is 0.962. The Morgan fingerprint density at radius 1 is 1.88 bits per heavy atom. The van der Waals surface area contributed by atoms with Crippen LogP contribution in [0.5, 0.6) is 0 Å². The van der Waals surface area contributed by atoms with Gasteiger partial charge in [0.2, 0.25) is 0 Å². The van der Waals surface area contributed by atoms with Crippen molar-refractivity contribution in [2.24, 2.45) is 0 Å². The molecule has 0 unspecified atom stereocenters. The van der Waals surface area contributed by atoms with E-state index in [1.807, 2.05) is 6.92 Å². The van der Waals surface area contributed by atoms with E-state index in [-0.39, 0.29) is 0 Å². The maximum absolute atomic E-state index is 4.83. The zero-order valence-corrected chi connectivity index (χ0v) is 4.85. The van der Waals surface area contributed by atoms with Gasteiger partial charge >= 0.3 is 0 Å². The van der Waals surface area contributed by atoms with Crippen LogP contribution in [0, 0.1) is 6.92 Å². The van der Waals surface area contributed by atoms with E-state index in [4.69, 9.17) is 4.42 Å². The largest absolute Gasteiger partial charge is 0.449 e. The first-order valence-corrected chi connectivity index (χ1v) is 2.59. The SMILES string of the molecule is [CH2]c1nc(CC)co1. The van der Waals surface area contributed by atoms with Crippen molar-refractivity contribution in [1.82, 2.24) is 4.98 Å². The lowest BCUT2D eigenvalue weighted by Gasteiger charge is -1.76. The number of nitrogens with zero attached hydrogens (tertiary/aromatic N) is 1. The molecule has 1 rings (SSSR count). The number of oxazole rings is 1. The molecule has 8 heavy (non-hydrogen) atoms. The number of hydrogen-bond acceptors (Lipinski definition) is 2. The van der Waals surface area contributed by atoms with Crippen molar-refractivity contribution in [3.8, 4) is 0 Å². The number of hydrogen-bond donors (Lipinski definition) is 0. The van der Waals surface area contributed by atoms with Crippen LogP contribution in [0.1, 0.15) is 18.5 Å². The van der Waals surface area contributed by atoms with Crippen LogP contribution in [0.4, 0.5) is 0 Å². The fourth-order valence-corrected chi connectivity index (χ4v) is 0.511. The molecular weight excluding hydrogens is 102 g/mol. The molecule has 0 aromatic carbocycles. The quantitative estimate of drug-likeness (QED) is 0.546. The minimum atomic E-state index is 0.502. The van der Waals surface area contributed by atoms with Gasteiger partial charge in [0.1, 0.15) is 6.26 Å². The Kier molecular flexibility index (Phi) is 1.33. The Hall–Kier alpha value is -0.790. The fourth-order valence-electron chi connectivity index (χ4n) is 0.511. The van der Waals surface area contributed by atoms with Crippen molar-refractivity contribution < 1.29 is 4.42 Å². The highest BCUT2D eigenvalue weighted by Crippen LogP contribution is 1.99. The lowest BCUT2D eigenvalue weighted by atomic mass is 10.4. The molecule has 2 heteroatoms. The lowest BCUT2D eigenvalue weighted by molar-refractivity contribution is 0.536. The van der Waals surface area contributed by atoms with Gasteiger partial charge in [0.05, 0.1) is 5.69 Å². The molecule has 2 nitrogen and oxygen atoms in total. The molecule has 0 aliphatic carbocycles. The van der Waals surface area contributed by atoms with Gasteiger partial charge in [-0.3, -0.25) is 0 Å². The van der Waals surface area contributed by atoms with Crippen LogP contribution in [-0.2, 0) is 6.42 Å². The summed E-state index contributed by atoms with van der Waals surface area (Å²) in [6, 6.07) is 0. The van der Waals surface area contributed by atoms with E-state index in [2.05, 4.69) is 11.9 Å². The van der Waals surface area contributed by atoms with Gasteiger partial charge in [0.25, 0.3) is 0 Å². The van der Waals surface area contributed by atoms with Gasteiger partial charge in [-0.2, -0.15) is 0 Å². The van der Waals surface area contributed by atoms with Crippen LogP contribution in [-0.4, -0.2) is 4.98 Å². The molecule has 0 atom stereocenters. The summed E-state index contributed by atoms with van der Waals surface area (Å²) in [5.41, 5.74) is 0.968. The zero-order chi connectivity index (χ0) is 5.98. The summed E-state index contributed by atoms with van der Waals surface area (Å²) in [6.07, 6.45) is 2.54. The average Bonchev–Trinajstić information content (AvgIpc) is 2.14. The third-order valence-electron chi connectivity index (χ3n) is 0.962. The van der Waals surface area contributed by atoms with Crippen LogP contribution in [0.25, 0.3) is 0 Å². The molecule has 43 valence electrons. The Labute approximate surface area is 48.5 Å². The molecule has 0 bridgehead atoms. The molecule has 0 aliphatic heterocycles. The first-order chi connectivity index (χ1) is 3.83. The second-order valence-electron chi connectivity index (χ2n) is 1.59. The van der Waals surface area contributed by atoms with Crippen molar-refractivity contribution in [2.75, 3.05) is 0 Å². The minimum absolute atomic E-state index is 0.502. The molecule has 0 saturated heterocycles. The summed E-state index contributed by atoms with van der Waals surface area (Å²) >= 11 is 0. The van der Waals surface area contributed by atoms with Gasteiger partial charge in [-0.1, -0.05) is 6.92 Å². The smallest absolute Gasteiger partial charge is 0.194 e. The summed E-state index contributed by atoms with van der Waals surface area (Å²) < 4.78 is 4.83. The van der Waals surface area contributed by atoms with Crippen LogP contribution in [0.3, 0.4) is 0 Å². The monoisotopic (exact) mass is 110 g/mol. The van der Waals surface area contributed by atoms with Crippen LogP contribution in [0.15, 0.2) is 10.7 Å². The lowest BCUT2D eigenvalue weighted by Crippen LogP contribution is -1.76. The maximum atomic E-state index is 4.83. The van der Waals surface area contributed by atoms with Crippen LogP contribution in [0.2, 0.25) is 0 Å². The van der Waals surface area contributed by atoms with E-state index in [9.17, 15) is 0 Å². The molecule has 0 N–H and O–H groups in total. The van der Waals surface area contributed by atoms with Gasteiger partial charge in [0, 0.05) is 6.92 Å². The van der Waals surface area contributed by atoms with Gasteiger partial charge < -0.3 is 4.42 Å². The predicted octanol–water partition coefficient (Wildman–Crippen LogP) is 1.42. The van der Waals surface area contributed by atoms with Crippen LogP contribution >= 0.6 is 0 Å². The highest BCUT2D eigenvalue weighted by atomic mass is 16.3. The second kappa shape index (κ2) is 1.99. The van der Waals surface area contributed by atoms with E-state index < -0.39 is 0 Å². The molecule has 0 saturated carbocycles. The van der Waals surface area contributed by atoms with Crippen molar-refractivity contribution in [1.29, 1.82) is 0 Å². The third kappa shape index (κ3) is 0.886. The maximum Gasteiger partial charge on any atom is 0.194 e. The highest BCUT2D eigenvalue weighted by molar-refractivity contribution is 4.96. The molecule has 0 aliphatic rings. The molecule has 1 aromatic heterocycles. The Morgan fingerprint density at radius 3 is 2.88 bits per heavy atom. The number of aryl methyl sites for hydroxylation is 1. The van der Waals surface area contributed by atoms with Crippen molar-refractivity contribution in [3.05, 3.63) is 24.8 Å². The molecule has 1 radical (unpaired) electrons. The zero-order valence-electron chi connectivity index (χ0n) is 4.85. The normalized spacial score (nSPS) is 9.75. The van der Waals surface area contributed by atoms with E-state index in [1.165, 1.54) is 0 Å². The number of rotatable bonds is 1. The molecule has 0 amide bonds. The van der Waals surface area contributed by atoms with E-state index in [1.54, 1.807) is 6.26 Å². The highest BCUT2D eigenvalue weighted by Gasteiger charge is 1.92. The van der Waals surface area contributed by atoms with Gasteiger partial charge in [-0.05, 0) is 6.42 Å². The summed E-state index contributed by atoms with van der Waals surface area (Å²) in [5.74, 6) is 0.502. The van der Waals surface area contributed by atoms with Crippen molar-refractivity contribution in [3.63, 3.8) is 0 Å². The summed E-state index contributed by atoms with van der Waals surface area (Å²) in [5, 5.41) is 0. The molecular formula is C6H8NO. The average molecular weight is 110 g/mol. The van der Waals surface area contributed by atoms with Gasteiger partial charge in [-0.25, -0.2) is 4.98 Å². The van der Waals surface area contributed by atoms with Gasteiger partial charge in [-0.15, -0.1) is 0 Å². The van der Waals surface area contributed by atoms with Crippen molar-refractivity contribution in [2.45, 2.75) is 13.3 Å². The Balaban J connectivity index is 2.84. The van der Waals surface area contributed by atoms with E-state index in [0.717, 1.165) is 12.1 Å². The Bertz CT molecular complexity index is 169. The van der Waals surface area contributed by atoms with Crippen LogP contribution < -0.4 is 0 Å². The molecule has 1 heterocycles. The molecule has 1 aromatic rings. The standard InChI is InChI=1S/C6H8NO/c1-3-6-4-8-5(2)7-6/h4H,2-3H2,1H3. The first kappa shape index (κ1) is 5.35. The van der Waals surface area contributed by atoms with E-state index in [0.29, 0.717) is 5.89 Å². The summed E-state index contributed by atoms with van der Waals surface area (Å²) in [6.45, 7) is 5.54. The van der Waals surface area contributed by atoms with Crippen molar-refractivity contribution >= 4 is 0 Å². The fraction of sp³-hybridized carbons (Fsp3) is 0.333. The predicted molar refractivity (Wildman–Crippen MR) is 30.3 cm³/mol. The number of aromatic nitrogens is 1. The van der Waals surface area contributed by atoms with Gasteiger partial charge in [0.15, 0.2) is 5.89 Å². The van der Waals surface area contributed by atoms with E-state index >= 15 is 0 Å². The summed E-state index contributed by atoms with van der Waals surface area (Å²) in [4.78, 5) is 3.95. The molecule has 0 spiro atoms.